The zero-order chi connectivity index (χ0) is 15.4. The van der Waals surface area contributed by atoms with E-state index in [2.05, 4.69) is 46.5 Å². The van der Waals surface area contributed by atoms with Crippen molar-refractivity contribution in [3.8, 4) is 0 Å². The monoisotopic (exact) mass is 288 g/mol. The molecular formula is C15H24N6. The lowest BCUT2D eigenvalue weighted by atomic mass is 10.2. The summed E-state index contributed by atoms with van der Waals surface area (Å²) < 4.78 is 1.91. The van der Waals surface area contributed by atoms with Crippen molar-refractivity contribution in [1.82, 2.24) is 19.7 Å². The Hall–Kier alpha value is -2.11. The van der Waals surface area contributed by atoms with Gasteiger partial charge >= 0.3 is 0 Å². The van der Waals surface area contributed by atoms with Crippen molar-refractivity contribution in [3.63, 3.8) is 0 Å². The van der Waals surface area contributed by atoms with Gasteiger partial charge in [-0.2, -0.15) is 5.10 Å². The van der Waals surface area contributed by atoms with Gasteiger partial charge in [-0.1, -0.05) is 6.92 Å². The Morgan fingerprint density at radius 3 is 2.29 bits per heavy atom. The molecule has 2 N–H and O–H groups in total. The predicted molar refractivity (Wildman–Crippen MR) is 85.6 cm³/mol. The molecule has 0 atom stereocenters. The van der Waals surface area contributed by atoms with Gasteiger partial charge in [-0.15, -0.1) is 0 Å². The van der Waals surface area contributed by atoms with Gasteiger partial charge < -0.3 is 10.6 Å². The van der Waals surface area contributed by atoms with Crippen LogP contribution in [0.4, 0.5) is 11.6 Å². The van der Waals surface area contributed by atoms with Gasteiger partial charge in [-0.05, 0) is 20.8 Å². The van der Waals surface area contributed by atoms with E-state index < -0.39 is 0 Å². The van der Waals surface area contributed by atoms with Crippen LogP contribution in [-0.4, -0.2) is 26.3 Å². The molecular weight excluding hydrogens is 264 g/mol. The highest BCUT2D eigenvalue weighted by molar-refractivity contribution is 5.48. The van der Waals surface area contributed by atoms with Crippen molar-refractivity contribution in [1.29, 1.82) is 0 Å². The van der Waals surface area contributed by atoms with E-state index in [1.54, 1.807) is 0 Å². The molecule has 0 aromatic carbocycles. The highest BCUT2D eigenvalue weighted by Gasteiger charge is 2.10. The van der Waals surface area contributed by atoms with Crippen molar-refractivity contribution in [2.75, 3.05) is 17.2 Å². The Balaban J connectivity index is 2.17. The Labute approximate surface area is 126 Å². The summed E-state index contributed by atoms with van der Waals surface area (Å²) in [5, 5.41) is 11.1. The zero-order valence-corrected chi connectivity index (χ0v) is 13.5. The molecule has 2 aromatic heterocycles. The maximum Gasteiger partial charge on any atom is 0.132 e. The highest BCUT2D eigenvalue weighted by Crippen LogP contribution is 2.16. The van der Waals surface area contributed by atoms with Crippen molar-refractivity contribution >= 4 is 11.6 Å². The summed E-state index contributed by atoms with van der Waals surface area (Å²) in [6.45, 7) is 9.80. The zero-order valence-electron chi connectivity index (χ0n) is 13.5. The third-order valence-electron chi connectivity index (χ3n) is 3.55. The van der Waals surface area contributed by atoms with Gasteiger partial charge in [-0.3, -0.25) is 4.68 Å². The summed E-state index contributed by atoms with van der Waals surface area (Å²) in [6, 6.07) is 1.95. The maximum atomic E-state index is 4.53. The summed E-state index contributed by atoms with van der Waals surface area (Å²) in [7, 11) is 1.97. The molecule has 0 amide bonds. The first-order chi connectivity index (χ1) is 10.0. The number of anilines is 2. The van der Waals surface area contributed by atoms with Crippen molar-refractivity contribution < 1.29 is 0 Å². The van der Waals surface area contributed by atoms with Crippen molar-refractivity contribution in [2.45, 2.75) is 40.7 Å². The molecule has 0 fully saturated rings. The second kappa shape index (κ2) is 6.56. The molecule has 0 radical (unpaired) electrons. The van der Waals surface area contributed by atoms with Crippen LogP contribution in [0.3, 0.4) is 0 Å². The molecule has 0 aliphatic heterocycles. The lowest BCUT2D eigenvalue weighted by Gasteiger charge is -2.10. The minimum Gasteiger partial charge on any atom is -0.370 e. The molecule has 114 valence electrons. The smallest absolute Gasteiger partial charge is 0.132 e. The first-order valence-electron chi connectivity index (χ1n) is 7.39. The fourth-order valence-corrected chi connectivity index (χ4v) is 2.27. The number of hydrogen-bond donors (Lipinski definition) is 2. The molecule has 0 spiro atoms. The van der Waals surface area contributed by atoms with Crippen LogP contribution in [0.25, 0.3) is 0 Å². The molecule has 0 saturated carbocycles. The molecule has 0 aliphatic rings. The van der Waals surface area contributed by atoms with Crippen molar-refractivity contribution in [3.05, 3.63) is 28.8 Å². The quantitative estimate of drug-likeness (QED) is 0.854. The van der Waals surface area contributed by atoms with E-state index in [4.69, 9.17) is 0 Å². The lowest BCUT2D eigenvalue weighted by Crippen LogP contribution is -2.08. The number of nitrogens with one attached hydrogen (secondary N) is 2. The summed E-state index contributed by atoms with van der Waals surface area (Å²) >= 11 is 0. The normalized spacial score (nSPS) is 10.7. The number of rotatable bonds is 6. The van der Waals surface area contributed by atoms with Crippen LogP contribution in [0.15, 0.2) is 6.07 Å². The van der Waals surface area contributed by atoms with Crippen LogP contribution in [0.2, 0.25) is 0 Å². The Kier molecular flexibility index (Phi) is 4.77. The number of aryl methyl sites for hydroxylation is 3. The van der Waals surface area contributed by atoms with E-state index in [0.717, 1.165) is 42.7 Å². The van der Waals surface area contributed by atoms with Gasteiger partial charge in [0.15, 0.2) is 0 Å². The fraction of sp³-hybridized carbons (Fsp3) is 0.533. The molecule has 2 heterocycles. The van der Waals surface area contributed by atoms with E-state index in [1.165, 1.54) is 11.3 Å². The Bertz CT molecular complexity index is 617. The van der Waals surface area contributed by atoms with Gasteiger partial charge in [0, 0.05) is 43.9 Å². The van der Waals surface area contributed by atoms with Gasteiger partial charge in [0.05, 0.1) is 5.69 Å². The highest BCUT2D eigenvalue weighted by atomic mass is 15.3. The second-order valence-electron chi connectivity index (χ2n) is 5.07. The van der Waals surface area contributed by atoms with E-state index in [1.807, 2.05) is 24.7 Å². The number of hydrogen-bond acceptors (Lipinski definition) is 5. The third-order valence-corrected chi connectivity index (χ3v) is 3.55. The topological polar surface area (TPSA) is 67.7 Å². The lowest BCUT2D eigenvalue weighted by molar-refractivity contribution is 0.730. The molecule has 6 heteroatoms. The van der Waals surface area contributed by atoms with E-state index in [-0.39, 0.29) is 0 Å². The van der Waals surface area contributed by atoms with Crippen LogP contribution in [-0.2, 0) is 20.0 Å². The molecule has 0 unspecified atom stereocenters. The first kappa shape index (κ1) is 15.3. The molecule has 0 bridgehead atoms. The van der Waals surface area contributed by atoms with Crippen LogP contribution >= 0.6 is 0 Å². The van der Waals surface area contributed by atoms with Gasteiger partial charge in [0.1, 0.15) is 17.5 Å². The minimum absolute atomic E-state index is 0.719. The van der Waals surface area contributed by atoms with Gasteiger partial charge in [-0.25, -0.2) is 9.97 Å². The van der Waals surface area contributed by atoms with Crippen molar-refractivity contribution in [2.24, 2.45) is 7.05 Å². The summed E-state index contributed by atoms with van der Waals surface area (Å²) in [6.07, 6.45) is 0.818. The second-order valence-corrected chi connectivity index (χ2v) is 5.07. The molecule has 0 saturated heterocycles. The minimum atomic E-state index is 0.719. The number of aromatic nitrogens is 4. The van der Waals surface area contributed by atoms with E-state index in [9.17, 15) is 0 Å². The van der Waals surface area contributed by atoms with E-state index >= 15 is 0 Å². The van der Waals surface area contributed by atoms with E-state index in [0.29, 0.717) is 0 Å². The van der Waals surface area contributed by atoms with Crippen LogP contribution in [0.1, 0.15) is 36.6 Å². The SMILES string of the molecule is CCNc1cc(NCc2c(C)nn(C)c2C)nc(CC)n1. The average Bonchev–Trinajstić information content (AvgIpc) is 2.70. The third kappa shape index (κ3) is 3.51. The Morgan fingerprint density at radius 2 is 1.76 bits per heavy atom. The largest absolute Gasteiger partial charge is 0.370 e. The molecule has 6 nitrogen and oxygen atoms in total. The fourth-order valence-electron chi connectivity index (χ4n) is 2.27. The Morgan fingerprint density at radius 1 is 1.10 bits per heavy atom. The van der Waals surface area contributed by atoms with Gasteiger partial charge in [0.25, 0.3) is 0 Å². The average molecular weight is 288 g/mol. The summed E-state index contributed by atoms with van der Waals surface area (Å²) in [4.78, 5) is 8.98. The standard InChI is InChI=1S/C15H24N6/c1-6-13-18-14(16-7-2)8-15(19-13)17-9-12-10(3)20-21(5)11(12)4/h8H,6-7,9H2,1-5H3,(H2,16,17,18,19). The number of nitrogens with zero attached hydrogens (tertiary/aromatic N) is 4. The molecule has 2 rings (SSSR count). The molecule has 0 aliphatic carbocycles. The molecule has 2 aromatic rings. The van der Waals surface area contributed by atoms with Crippen LogP contribution in [0, 0.1) is 13.8 Å². The summed E-state index contributed by atoms with van der Waals surface area (Å²) in [5.41, 5.74) is 3.45. The summed E-state index contributed by atoms with van der Waals surface area (Å²) in [5.74, 6) is 2.56. The first-order valence-corrected chi connectivity index (χ1v) is 7.39. The predicted octanol–water partition coefficient (Wildman–Crippen LogP) is 2.43. The van der Waals surface area contributed by atoms with Crippen LogP contribution < -0.4 is 10.6 Å². The van der Waals surface area contributed by atoms with Gasteiger partial charge in [0.2, 0.25) is 0 Å². The maximum absolute atomic E-state index is 4.53. The molecule has 21 heavy (non-hydrogen) atoms. The van der Waals surface area contributed by atoms with Crippen LogP contribution in [0.5, 0.6) is 0 Å².